The summed E-state index contributed by atoms with van der Waals surface area (Å²) < 4.78 is 18.8. The number of carbonyl (C=O) groups is 1. The van der Waals surface area contributed by atoms with Crippen molar-refractivity contribution in [3.63, 3.8) is 0 Å². The Morgan fingerprint density at radius 3 is 2.35 bits per heavy atom. The minimum atomic E-state index is -0.526. The summed E-state index contributed by atoms with van der Waals surface area (Å²) in [5, 5.41) is 5.08. The van der Waals surface area contributed by atoms with E-state index in [4.69, 9.17) is 4.74 Å². The minimum absolute atomic E-state index is 0.124. The number of rotatable bonds is 4. The van der Waals surface area contributed by atoms with E-state index in [1.54, 1.807) is 30.3 Å². The first-order valence-corrected chi connectivity index (χ1v) is 6.25. The molecule has 0 atom stereocenters. The van der Waals surface area contributed by atoms with E-state index in [2.05, 4.69) is 10.6 Å². The Labute approximate surface area is 116 Å². The number of hydrogen-bond acceptors (Lipinski definition) is 2. The highest BCUT2D eigenvalue weighted by atomic mass is 19.1. The van der Waals surface area contributed by atoms with Crippen LogP contribution in [0, 0.1) is 5.82 Å². The molecule has 0 bridgehead atoms. The van der Waals surface area contributed by atoms with Crippen molar-refractivity contribution in [2.75, 3.05) is 17.2 Å². The van der Waals surface area contributed by atoms with Gasteiger partial charge in [0.15, 0.2) is 0 Å². The maximum Gasteiger partial charge on any atom is 0.323 e. The van der Waals surface area contributed by atoms with Crippen molar-refractivity contribution in [2.45, 2.75) is 6.92 Å². The molecule has 2 N–H and O–H groups in total. The van der Waals surface area contributed by atoms with Crippen molar-refractivity contribution in [2.24, 2.45) is 0 Å². The van der Waals surface area contributed by atoms with Crippen molar-refractivity contribution < 1.29 is 13.9 Å². The molecule has 2 rings (SSSR count). The standard InChI is InChI=1S/C15H15FN2O2/c1-2-20-14-10-6-5-9-13(14)18-15(19)17-12-8-4-3-7-11(12)16/h3-10H,2H2,1H3,(H2,17,18,19). The van der Waals surface area contributed by atoms with Crippen LogP contribution in [0.1, 0.15) is 6.92 Å². The number of hydrogen-bond donors (Lipinski definition) is 2. The van der Waals surface area contributed by atoms with Gasteiger partial charge in [-0.05, 0) is 31.2 Å². The molecule has 0 heterocycles. The number of ether oxygens (including phenoxy) is 1. The smallest absolute Gasteiger partial charge is 0.323 e. The highest BCUT2D eigenvalue weighted by molar-refractivity contribution is 6.00. The molecule has 0 aliphatic rings. The molecule has 0 radical (unpaired) electrons. The van der Waals surface area contributed by atoms with Crippen LogP contribution in [0.2, 0.25) is 0 Å². The SMILES string of the molecule is CCOc1ccccc1NC(=O)Nc1ccccc1F. The predicted octanol–water partition coefficient (Wildman–Crippen LogP) is 3.87. The molecule has 0 saturated carbocycles. The molecule has 0 unspecified atom stereocenters. The molecule has 5 heteroatoms. The van der Waals surface area contributed by atoms with Crippen LogP contribution in [0.3, 0.4) is 0 Å². The fraction of sp³-hybridized carbons (Fsp3) is 0.133. The van der Waals surface area contributed by atoms with Gasteiger partial charge in [0.05, 0.1) is 18.0 Å². The summed E-state index contributed by atoms with van der Waals surface area (Å²) in [6, 6.07) is 12.5. The fourth-order valence-electron chi connectivity index (χ4n) is 1.69. The molecular weight excluding hydrogens is 259 g/mol. The summed E-state index contributed by atoms with van der Waals surface area (Å²) in [5.74, 6) is 0.0828. The summed E-state index contributed by atoms with van der Waals surface area (Å²) in [6.07, 6.45) is 0. The Kier molecular flexibility index (Phi) is 4.55. The van der Waals surface area contributed by atoms with Gasteiger partial charge in [0, 0.05) is 0 Å². The third kappa shape index (κ3) is 3.47. The largest absolute Gasteiger partial charge is 0.492 e. The molecule has 0 aliphatic heterocycles. The average molecular weight is 274 g/mol. The van der Waals surface area contributed by atoms with E-state index >= 15 is 0 Å². The third-order valence-corrected chi connectivity index (χ3v) is 2.56. The van der Waals surface area contributed by atoms with Gasteiger partial charge < -0.3 is 15.4 Å². The summed E-state index contributed by atoms with van der Waals surface area (Å²) in [5.41, 5.74) is 0.655. The number of urea groups is 1. The first-order valence-electron chi connectivity index (χ1n) is 6.25. The van der Waals surface area contributed by atoms with Gasteiger partial charge in [0.1, 0.15) is 11.6 Å². The summed E-state index contributed by atoms with van der Waals surface area (Å²) >= 11 is 0. The van der Waals surface area contributed by atoms with Crippen LogP contribution in [0.15, 0.2) is 48.5 Å². The average Bonchev–Trinajstić information content (AvgIpc) is 2.44. The number of para-hydroxylation sites is 3. The van der Waals surface area contributed by atoms with Gasteiger partial charge in [0.25, 0.3) is 0 Å². The molecule has 20 heavy (non-hydrogen) atoms. The van der Waals surface area contributed by atoms with E-state index in [0.717, 1.165) is 0 Å². The van der Waals surface area contributed by atoms with Gasteiger partial charge in [-0.15, -0.1) is 0 Å². The lowest BCUT2D eigenvalue weighted by Crippen LogP contribution is -2.20. The van der Waals surface area contributed by atoms with Crippen LogP contribution >= 0.6 is 0 Å². The van der Waals surface area contributed by atoms with Crippen molar-refractivity contribution in [1.29, 1.82) is 0 Å². The Bertz CT molecular complexity index is 602. The van der Waals surface area contributed by atoms with E-state index in [-0.39, 0.29) is 5.69 Å². The predicted molar refractivity (Wildman–Crippen MR) is 76.7 cm³/mol. The lowest BCUT2D eigenvalue weighted by molar-refractivity contribution is 0.261. The highest BCUT2D eigenvalue weighted by Gasteiger charge is 2.09. The summed E-state index contributed by atoms with van der Waals surface area (Å²) in [7, 11) is 0. The molecule has 0 aromatic heterocycles. The Morgan fingerprint density at radius 2 is 1.65 bits per heavy atom. The number of benzene rings is 2. The molecule has 0 aliphatic carbocycles. The topological polar surface area (TPSA) is 50.4 Å². The zero-order valence-corrected chi connectivity index (χ0v) is 11.0. The number of carbonyl (C=O) groups excluding carboxylic acids is 1. The van der Waals surface area contributed by atoms with Crippen LogP contribution in [0.25, 0.3) is 0 Å². The maximum absolute atomic E-state index is 13.4. The van der Waals surface area contributed by atoms with Crippen LogP contribution in [-0.2, 0) is 0 Å². The van der Waals surface area contributed by atoms with Crippen LogP contribution in [0.5, 0.6) is 5.75 Å². The van der Waals surface area contributed by atoms with E-state index < -0.39 is 11.8 Å². The van der Waals surface area contributed by atoms with Crippen molar-refractivity contribution in [3.05, 3.63) is 54.3 Å². The number of nitrogens with one attached hydrogen (secondary N) is 2. The lowest BCUT2D eigenvalue weighted by atomic mass is 10.3. The molecule has 2 aromatic rings. The molecule has 2 amide bonds. The molecule has 104 valence electrons. The normalized spacial score (nSPS) is 9.90. The number of halogens is 1. The minimum Gasteiger partial charge on any atom is -0.492 e. The van der Waals surface area contributed by atoms with E-state index in [1.165, 1.54) is 12.1 Å². The Balaban J connectivity index is 2.07. The first kappa shape index (κ1) is 13.9. The van der Waals surface area contributed by atoms with Crippen molar-refractivity contribution in [3.8, 4) is 5.75 Å². The van der Waals surface area contributed by atoms with Gasteiger partial charge in [-0.1, -0.05) is 24.3 Å². The van der Waals surface area contributed by atoms with E-state index in [0.29, 0.717) is 18.0 Å². The highest BCUT2D eigenvalue weighted by Crippen LogP contribution is 2.24. The van der Waals surface area contributed by atoms with Gasteiger partial charge in [-0.25, -0.2) is 9.18 Å². The number of amides is 2. The maximum atomic E-state index is 13.4. The summed E-state index contributed by atoms with van der Waals surface area (Å²) in [6.45, 7) is 2.35. The second-order valence-electron chi connectivity index (χ2n) is 3.99. The second kappa shape index (κ2) is 6.56. The first-order chi connectivity index (χ1) is 9.70. The van der Waals surface area contributed by atoms with Gasteiger partial charge in [0.2, 0.25) is 0 Å². The lowest BCUT2D eigenvalue weighted by Gasteiger charge is -2.12. The van der Waals surface area contributed by atoms with Gasteiger partial charge in [-0.2, -0.15) is 0 Å². The quantitative estimate of drug-likeness (QED) is 0.889. The summed E-state index contributed by atoms with van der Waals surface area (Å²) in [4.78, 5) is 11.8. The zero-order chi connectivity index (χ0) is 14.4. The van der Waals surface area contributed by atoms with Crippen LogP contribution in [-0.4, -0.2) is 12.6 Å². The van der Waals surface area contributed by atoms with Gasteiger partial charge in [-0.3, -0.25) is 0 Å². The van der Waals surface area contributed by atoms with E-state index in [1.807, 2.05) is 13.0 Å². The molecule has 0 saturated heterocycles. The fourth-order valence-corrected chi connectivity index (χ4v) is 1.69. The van der Waals surface area contributed by atoms with Crippen LogP contribution in [0.4, 0.5) is 20.6 Å². The molecule has 4 nitrogen and oxygen atoms in total. The monoisotopic (exact) mass is 274 g/mol. The van der Waals surface area contributed by atoms with E-state index in [9.17, 15) is 9.18 Å². The van der Waals surface area contributed by atoms with Gasteiger partial charge >= 0.3 is 6.03 Å². The van der Waals surface area contributed by atoms with Crippen LogP contribution < -0.4 is 15.4 Å². The second-order valence-corrected chi connectivity index (χ2v) is 3.99. The number of anilines is 2. The van der Waals surface area contributed by atoms with Crippen molar-refractivity contribution >= 4 is 17.4 Å². The Hall–Kier alpha value is -2.56. The molecular formula is C15H15FN2O2. The third-order valence-electron chi connectivity index (χ3n) is 2.56. The zero-order valence-electron chi connectivity index (χ0n) is 11.0. The van der Waals surface area contributed by atoms with Crippen molar-refractivity contribution in [1.82, 2.24) is 0 Å². The Morgan fingerprint density at radius 1 is 1.05 bits per heavy atom. The molecule has 2 aromatic carbocycles. The molecule has 0 fully saturated rings. The molecule has 0 spiro atoms.